The Bertz CT molecular complexity index is 331. The van der Waals surface area contributed by atoms with Crippen LogP contribution in [0.1, 0.15) is 0 Å². The minimum absolute atomic E-state index is 0.947. The molecule has 1 aromatic carbocycles. The van der Waals surface area contributed by atoms with Gasteiger partial charge in [0.2, 0.25) is 0 Å². The first-order valence-electron chi connectivity index (χ1n) is 3.34. The van der Waals surface area contributed by atoms with Crippen LogP contribution in [0.2, 0.25) is 0 Å². The molecule has 0 amide bonds. The van der Waals surface area contributed by atoms with E-state index in [0.717, 1.165) is 10.4 Å². The number of hydrogen-bond acceptors (Lipinski definition) is 2. The number of thiophene rings is 1. The third kappa shape index (κ3) is 1.10. The zero-order chi connectivity index (χ0) is 7.68. The van der Waals surface area contributed by atoms with Gasteiger partial charge in [-0.3, -0.25) is 0 Å². The molecule has 0 spiro atoms. The van der Waals surface area contributed by atoms with E-state index in [1.165, 1.54) is 4.70 Å². The summed E-state index contributed by atoms with van der Waals surface area (Å²) in [5.41, 5.74) is 0. The molecule has 2 heteroatoms. The molecular formula is C9H7OS. The molecule has 0 N–H and O–H groups in total. The van der Waals surface area contributed by atoms with Crippen molar-refractivity contribution in [3.8, 4) is 5.06 Å². The third-order valence-corrected chi connectivity index (χ3v) is 2.58. The van der Waals surface area contributed by atoms with Gasteiger partial charge < -0.3 is 4.74 Å². The van der Waals surface area contributed by atoms with Crippen LogP contribution in [-0.2, 0) is 0 Å². The highest BCUT2D eigenvalue weighted by Gasteiger charge is 1.98. The summed E-state index contributed by atoms with van der Waals surface area (Å²) in [6.07, 6.45) is 0. The third-order valence-electron chi connectivity index (χ3n) is 1.52. The van der Waals surface area contributed by atoms with E-state index < -0.39 is 0 Å². The molecule has 0 atom stereocenters. The van der Waals surface area contributed by atoms with Crippen LogP contribution in [0.15, 0.2) is 24.3 Å². The molecule has 1 heterocycles. The van der Waals surface area contributed by atoms with Crippen molar-refractivity contribution in [3.63, 3.8) is 0 Å². The van der Waals surface area contributed by atoms with Gasteiger partial charge in [0, 0.05) is 16.2 Å². The summed E-state index contributed by atoms with van der Waals surface area (Å²) in [5, 5.41) is 2.08. The highest BCUT2D eigenvalue weighted by atomic mass is 32.1. The summed E-state index contributed by atoms with van der Waals surface area (Å²) in [6, 6.07) is 11.1. The van der Waals surface area contributed by atoms with Crippen LogP contribution in [0.4, 0.5) is 0 Å². The van der Waals surface area contributed by atoms with Gasteiger partial charge in [0.25, 0.3) is 0 Å². The van der Waals surface area contributed by atoms with Crippen LogP contribution in [0, 0.1) is 6.07 Å². The lowest BCUT2D eigenvalue weighted by molar-refractivity contribution is 0.427. The van der Waals surface area contributed by atoms with E-state index in [4.69, 9.17) is 4.74 Å². The zero-order valence-electron chi connectivity index (χ0n) is 6.13. The molecule has 55 valence electrons. The maximum Gasteiger partial charge on any atom is 0.174 e. The van der Waals surface area contributed by atoms with Crippen molar-refractivity contribution in [1.82, 2.24) is 0 Å². The summed E-state index contributed by atoms with van der Waals surface area (Å²) in [7, 11) is 1.69. The molecule has 2 rings (SSSR count). The molecule has 1 nitrogen and oxygen atoms in total. The second-order valence-electron chi connectivity index (χ2n) is 2.22. The van der Waals surface area contributed by atoms with Crippen molar-refractivity contribution >= 4 is 21.4 Å². The van der Waals surface area contributed by atoms with Gasteiger partial charge in [-0.2, -0.15) is 0 Å². The molecule has 0 aliphatic heterocycles. The Labute approximate surface area is 69.2 Å². The van der Waals surface area contributed by atoms with E-state index in [1.54, 1.807) is 18.4 Å². The Morgan fingerprint density at radius 1 is 1.55 bits per heavy atom. The summed E-state index contributed by atoms with van der Waals surface area (Å²) >= 11 is 1.64. The van der Waals surface area contributed by atoms with E-state index in [2.05, 4.69) is 12.1 Å². The molecule has 0 aliphatic rings. The summed E-state index contributed by atoms with van der Waals surface area (Å²) in [4.78, 5) is 0. The average molecular weight is 163 g/mol. The van der Waals surface area contributed by atoms with Gasteiger partial charge in [-0.05, 0) is 12.1 Å². The first-order chi connectivity index (χ1) is 5.40. The molecule has 0 fully saturated rings. The maximum atomic E-state index is 5.10. The molecule has 0 unspecified atom stereocenters. The Kier molecular flexibility index (Phi) is 1.55. The Balaban J connectivity index is 2.69. The van der Waals surface area contributed by atoms with Crippen molar-refractivity contribution in [2.45, 2.75) is 0 Å². The summed E-state index contributed by atoms with van der Waals surface area (Å²) in [5.74, 6) is 0. The molecular weight excluding hydrogens is 156 g/mol. The van der Waals surface area contributed by atoms with E-state index in [0.29, 0.717) is 0 Å². The second kappa shape index (κ2) is 2.55. The SMILES string of the molecule is COc1cc2[c]cccc2s1. The normalized spacial score (nSPS) is 10.3. The van der Waals surface area contributed by atoms with E-state index >= 15 is 0 Å². The minimum Gasteiger partial charge on any atom is -0.487 e. The van der Waals surface area contributed by atoms with Crippen LogP contribution < -0.4 is 4.74 Å². The summed E-state index contributed by atoms with van der Waals surface area (Å²) in [6.45, 7) is 0. The first kappa shape index (κ1) is 6.68. The van der Waals surface area contributed by atoms with Crippen LogP contribution in [0.3, 0.4) is 0 Å². The number of fused-ring (bicyclic) bond motifs is 1. The fourth-order valence-electron chi connectivity index (χ4n) is 0.992. The molecule has 2 aromatic rings. The van der Waals surface area contributed by atoms with E-state index in [-0.39, 0.29) is 0 Å². The number of benzene rings is 1. The fraction of sp³-hybridized carbons (Fsp3) is 0.111. The topological polar surface area (TPSA) is 9.23 Å². The van der Waals surface area contributed by atoms with Gasteiger partial charge in [0.05, 0.1) is 7.11 Å². The van der Waals surface area contributed by atoms with Gasteiger partial charge in [-0.25, -0.2) is 0 Å². The van der Waals surface area contributed by atoms with Gasteiger partial charge in [-0.15, -0.1) is 0 Å². The van der Waals surface area contributed by atoms with Crippen molar-refractivity contribution < 1.29 is 4.74 Å². The molecule has 11 heavy (non-hydrogen) atoms. The highest BCUT2D eigenvalue weighted by molar-refractivity contribution is 7.20. The number of ether oxygens (including phenoxy) is 1. The smallest absolute Gasteiger partial charge is 0.174 e. The van der Waals surface area contributed by atoms with Crippen LogP contribution in [-0.4, -0.2) is 7.11 Å². The predicted octanol–water partition coefficient (Wildman–Crippen LogP) is 2.71. The molecule has 1 aromatic heterocycles. The molecule has 0 bridgehead atoms. The van der Waals surface area contributed by atoms with Crippen LogP contribution in [0.5, 0.6) is 5.06 Å². The van der Waals surface area contributed by atoms with Crippen molar-refractivity contribution in [2.75, 3.05) is 7.11 Å². The Hall–Kier alpha value is -1.02. The Morgan fingerprint density at radius 2 is 2.45 bits per heavy atom. The largest absolute Gasteiger partial charge is 0.487 e. The predicted molar refractivity (Wildman–Crippen MR) is 47.2 cm³/mol. The zero-order valence-corrected chi connectivity index (χ0v) is 6.94. The van der Waals surface area contributed by atoms with Gasteiger partial charge in [-0.1, -0.05) is 23.5 Å². The lowest BCUT2D eigenvalue weighted by atomic mass is 10.3. The maximum absolute atomic E-state index is 5.10. The standard InChI is InChI=1S/C9H7OS/c1-10-9-6-7-4-2-3-5-8(7)11-9/h2-3,5-6H,1H3. The monoisotopic (exact) mass is 163 g/mol. The Morgan fingerprint density at radius 3 is 3.18 bits per heavy atom. The average Bonchev–Trinajstić information content (AvgIpc) is 2.46. The van der Waals surface area contributed by atoms with Gasteiger partial charge in [0.1, 0.15) is 0 Å². The van der Waals surface area contributed by atoms with E-state index in [1.807, 2.05) is 18.2 Å². The highest BCUT2D eigenvalue weighted by Crippen LogP contribution is 2.30. The summed E-state index contributed by atoms with van der Waals surface area (Å²) < 4.78 is 6.32. The number of methoxy groups -OCH3 is 1. The molecule has 0 aliphatic carbocycles. The first-order valence-corrected chi connectivity index (χ1v) is 4.16. The lowest BCUT2D eigenvalue weighted by Crippen LogP contribution is -1.73. The fourth-order valence-corrected chi connectivity index (χ4v) is 1.84. The minimum atomic E-state index is 0.947. The molecule has 0 saturated heterocycles. The number of hydrogen-bond donors (Lipinski definition) is 0. The lowest BCUT2D eigenvalue weighted by Gasteiger charge is -1.86. The van der Waals surface area contributed by atoms with Gasteiger partial charge in [0.15, 0.2) is 5.06 Å². The van der Waals surface area contributed by atoms with Crippen LogP contribution >= 0.6 is 11.3 Å². The number of rotatable bonds is 1. The van der Waals surface area contributed by atoms with Gasteiger partial charge >= 0.3 is 0 Å². The van der Waals surface area contributed by atoms with Crippen molar-refractivity contribution in [2.24, 2.45) is 0 Å². The van der Waals surface area contributed by atoms with Crippen LogP contribution in [0.25, 0.3) is 10.1 Å². The molecule has 0 saturated carbocycles. The molecule has 1 radical (unpaired) electrons. The second-order valence-corrected chi connectivity index (χ2v) is 3.26. The quantitative estimate of drug-likeness (QED) is 0.628. The van der Waals surface area contributed by atoms with Crippen molar-refractivity contribution in [3.05, 3.63) is 30.3 Å². The van der Waals surface area contributed by atoms with E-state index in [9.17, 15) is 0 Å². The van der Waals surface area contributed by atoms with Crippen molar-refractivity contribution in [1.29, 1.82) is 0 Å².